The van der Waals surface area contributed by atoms with Crippen LogP contribution in [0.2, 0.25) is 0 Å². The number of hydrogen-bond acceptors (Lipinski definition) is 5. The summed E-state index contributed by atoms with van der Waals surface area (Å²) in [5, 5.41) is 22.8. The molecule has 0 heterocycles. The Morgan fingerprint density at radius 2 is 0.904 bits per heavy atom. The monoisotopic (exact) mass is 734 g/mol. The van der Waals surface area contributed by atoms with E-state index in [1.54, 1.807) is 6.08 Å². The summed E-state index contributed by atoms with van der Waals surface area (Å²) in [6, 6.07) is -0.645. The van der Waals surface area contributed by atoms with Gasteiger partial charge < -0.3 is 20.3 Å². The minimum Gasteiger partial charge on any atom is -0.466 e. The summed E-state index contributed by atoms with van der Waals surface area (Å²) in [7, 11) is 0. The van der Waals surface area contributed by atoms with Crippen molar-refractivity contribution in [2.45, 2.75) is 244 Å². The molecule has 0 fully saturated rings. The van der Waals surface area contributed by atoms with E-state index in [9.17, 15) is 19.8 Å². The molecule has 3 N–H and O–H groups in total. The maximum atomic E-state index is 12.3. The van der Waals surface area contributed by atoms with E-state index in [2.05, 4.69) is 31.3 Å². The fourth-order valence-electron chi connectivity index (χ4n) is 6.68. The fraction of sp³-hybridized carbons (Fsp3) is 0.870. The van der Waals surface area contributed by atoms with Gasteiger partial charge in [-0.05, 0) is 57.8 Å². The number of carbonyl (C=O) groups excluding carboxylic acids is 2. The van der Waals surface area contributed by atoms with E-state index in [-0.39, 0.29) is 18.5 Å². The summed E-state index contributed by atoms with van der Waals surface area (Å²) < 4.78 is 5.44. The molecule has 0 radical (unpaired) electrons. The lowest BCUT2D eigenvalue weighted by Gasteiger charge is -2.20. The average Bonchev–Trinajstić information content (AvgIpc) is 3.14. The summed E-state index contributed by atoms with van der Waals surface area (Å²) in [6.07, 6.45) is 47.4. The number of rotatable bonds is 41. The Morgan fingerprint density at radius 1 is 0.519 bits per heavy atom. The zero-order valence-corrected chi connectivity index (χ0v) is 34.5. The third-order valence-corrected chi connectivity index (χ3v) is 10.2. The number of nitrogens with one attached hydrogen (secondary N) is 1. The van der Waals surface area contributed by atoms with E-state index < -0.39 is 12.1 Å². The van der Waals surface area contributed by atoms with Gasteiger partial charge in [0.2, 0.25) is 5.91 Å². The Bertz CT molecular complexity index is 813. The van der Waals surface area contributed by atoms with Crippen LogP contribution < -0.4 is 5.32 Å². The van der Waals surface area contributed by atoms with E-state index >= 15 is 0 Å². The SMILES string of the molecule is CCCCCCCC/C=C\CCCCCCCCCC(=O)OCCCCCCCCCCCC(=O)NC(CO)C(O)/C=C/CCCCCCCCC. The lowest BCUT2D eigenvalue weighted by molar-refractivity contribution is -0.143. The lowest BCUT2D eigenvalue weighted by Crippen LogP contribution is -2.45. The summed E-state index contributed by atoms with van der Waals surface area (Å²) in [4.78, 5) is 24.3. The highest BCUT2D eigenvalue weighted by Crippen LogP contribution is 2.14. The van der Waals surface area contributed by atoms with Gasteiger partial charge in [-0.3, -0.25) is 9.59 Å². The Balaban J connectivity index is 3.49. The molecule has 0 bridgehead atoms. The van der Waals surface area contributed by atoms with Crippen molar-refractivity contribution in [3.05, 3.63) is 24.3 Å². The molecule has 0 spiro atoms. The van der Waals surface area contributed by atoms with Gasteiger partial charge in [0, 0.05) is 12.8 Å². The molecule has 0 saturated heterocycles. The van der Waals surface area contributed by atoms with Crippen LogP contribution in [0.3, 0.4) is 0 Å². The number of allylic oxidation sites excluding steroid dienone is 3. The molecule has 0 saturated carbocycles. The number of aliphatic hydroxyl groups is 2. The van der Waals surface area contributed by atoms with E-state index in [1.165, 1.54) is 148 Å². The van der Waals surface area contributed by atoms with Crippen molar-refractivity contribution in [3.63, 3.8) is 0 Å². The van der Waals surface area contributed by atoms with Gasteiger partial charge >= 0.3 is 5.97 Å². The highest BCUT2D eigenvalue weighted by atomic mass is 16.5. The molecule has 6 heteroatoms. The minimum absolute atomic E-state index is 0.0320. The first-order valence-corrected chi connectivity index (χ1v) is 22.6. The first-order chi connectivity index (χ1) is 25.5. The van der Waals surface area contributed by atoms with Gasteiger partial charge in [0.25, 0.3) is 0 Å². The molecule has 0 aromatic heterocycles. The van der Waals surface area contributed by atoms with Crippen molar-refractivity contribution < 1.29 is 24.5 Å². The highest BCUT2D eigenvalue weighted by Gasteiger charge is 2.18. The molecular formula is C46H87NO5. The molecule has 0 aliphatic rings. The van der Waals surface area contributed by atoms with Gasteiger partial charge in [0.15, 0.2) is 0 Å². The fourth-order valence-corrected chi connectivity index (χ4v) is 6.68. The second-order valence-electron chi connectivity index (χ2n) is 15.4. The number of unbranched alkanes of at least 4 members (excludes halogenated alkanes) is 28. The Hall–Kier alpha value is -1.66. The Labute approximate surface area is 322 Å². The largest absolute Gasteiger partial charge is 0.466 e. The maximum Gasteiger partial charge on any atom is 0.305 e. The smallest absolute Gasteiger partial charge is 0.305 e. The Morgan fingerprint density at radius 3 is 1.37 bits per heavy atom. The van der Waals surface area contributed by atoms with Crippen LogP contribution >= 0.6 is 0 Å². The molecule has 2 atom stereocenters. The van der Waals surface area contributed by atoms with Gasteiger partial charge in [-0.1, -0.05) is 186 Å². The van der Waals surface area contributed by atoms with Crippen molar-refractivity contribution in [2.24, 2.45) is 0 Å². The van der Waals surface area contributed by atoms with Crippen LogP contribution in [0, 0.1) is 0 Å². The quantitative estimate of drug-likeness (QED) is 0.0330. The van der Waals surface area contributed by atoms with Gasteiger partial charge in [0.1, 0.15) is 0 Å². The molecule has 0 rings (SSSR count). The molecule has 6 nitrogen and oxygen atoms in total. The number of carbonyl (C=O) groups is 2. The van der Waals surface area contributed by atoms with Crippen molar-refractivity contribution in [3.8, 4) is 0 Å². The predicted molar refractivity (Wildman–Crippen MR) is 223 cm³/mol. The van der Waals surface area contributed by atoms with E-state index in [4.69, 9.17) is 4.74 Å². The summed E-state index contributed by atoms with van der Waals surface area (Å²) >= 11 is 0. The van der Waals surface area contributed by atoms with E-state index in [1.807, 2.05) is 6.08 Å². The van der Waals surface area contributed by atoms with Crippen LogP contribution in [0.5, 0.6) is 0 Å². The third kappa shape index (κ3) is 38.1. The van der Waals surface area contributed by atoms with E-state index in [0.717, 1.165) is 57.8 Å². The number of esters is 1. The molecule has 0 aliphatic carbocycles. The number of hydrogen-bond donors (Lipinski definition) is 3. The summed E-state index contributed by atoms with van der Waals surface area (Å²) in [6.45, 7) is 4.79. The van der Waals surface area contributed by atoms with Gasteiger partial charge in [-0.2, -0.15) is 0 Å². The van der Waals surface area contributed by atoms with Gasteiger partial charge in [0.05, 0.1) is 25.4 Å². The molecule has 2 unspecified atom stereocenters. The van der Waals surface area contributed by atoms with Gasteiger partial charge in [-0.15, -0.1) is 0 Å². The maximum absolute atomic E-state index is 12.3. The zero-order chi connectivity index (χ0) is 38.0. The van der Waals surface area contributed by atoms with Crippen LogP contribution in [0.15, 0.2) is 24.3 Å². The van der Waals surface area contributed by atoms with Crippen LogP contribution in [0.25, 0.3) is 0 Å². The zero-order valence-electron chi connectivity index (χ0n) is 34.5. The molecule has 52 heavy (non-hydrogen) atoms. The molecule has 0 aromatic carbocycles. The molecular weight excluding hydrogens is 647 g/mol. The summed E-state index contributed by atoms with van der Waals surface area (Å²) in [5.74, 6) is -0.131. The topological polar surface area (TPSA) is 95.9 Å². The molecule has 0 aliphatic heterocycles. The van der Waals surface area contributed by atoms with Crippen molar-refractivity contribution in [1.29, 1.82) is 0 Å². The second-order valence-corrected chi connectivity index (χ2v) is 15.4. The molecule has 1 amide bonds. The number of ether oxygens (including phenoxy) is 1. The average molecular weight is 734 g/mol. The van der Waals surface area contributed by atoms with Crippen molar-refractivity contribution in [2.75, 3.05) is 13.2 Å². The van der Waals surface area contributed by atoms with Crippen LogP contribution in [0.1, 0.15) is 232 Å². The lowest BCUT2D eigenvalue weighted by atomic mass is 10.1. The van der Waals surface area contributed by atoms with Crippen LogP contribution in [0.4, 0.5) is 0 Å². The first kappa shape index (κ1) is 50.3. The van der Waals surface area contributed by atoms with Crippen molar-refractivity contribution in [1.82, 2.24) is 5.32 Å². The van der Waals surface area contributed by atoms with E-state index in [0.29, 0.717) is 19.4 Å². The number of amides is 1. The van der Waals surface area contributed by atoms with Crippen LogP contribution in [-0.4, -0.2) is 47.4 Å². The highest BCUT2D eigenvalue weighted by molar-refractivity contribution is 5.76. The van der Waals surface area contributed by atoms with Crippen LogP contribution in [-0.2, 0) is 14.3 Å². The molecule has 306 valence electrons. The first-order valence-electron chi connectivity index (χ1n) is 22.6. The third-order valence-electron chi connectivity index (χ3n) is 10.2. The Kier molecular flexibility index (Phi) is 40.7. The standard InChI is InChI=1S/C46H87NO5/c1-3-5-7-9-11-13-14-15-16-17-18-19-20-24-28-32-36-40-46(51)52-41-37-33-29-25-21-23-27-31-35-39-45(50)47-43(42-48)44(49)38-34-30-26-22-12-10-8-6-4-2/h15-16,34,38,43-44,48-49H,3-14,17-33,35-37,39-42H2,1-2H3,(H,47,50)/b16-15-,38-34+. The van der Waals surface area contributed by atoms with Gasteiger partial charge in [-0.25, -0.2) is 0 Å². The van der Waals surface area contributed by atoms with Crippen molar-refractivity contribution >= 4 is 11.9 Å². The molecule has 0 aromatic rings. The number of aliphatic hydroxyl groups excluding tert-OH is 2. The normalized spacial score (nSPS) is 12.9. The predicted octanol–water partition coefficient (Wildman–Crippen LogP) is 12.8. The minimum atomic E-state index is -0.859. The second kappa shape index (κ2) is 42.1. The summed E-state index contributed by atoms with van der Waals surface area (Å²) in [5.41, 5.74) is 0.